The van der Waals surface area contributed by atoms with Crippen molar-refractivity contribution in [1.82, 2.24) is 0 Å². The van der Waals surface area contributed by atoms with Crippen LogP contribution in [0.2, 0.25) is 0 Å². The summed E-state index contributed by atoms with van der Waals surface area (Å²) in [5.74, 6) is 0.544. The van der Waals surface area contributed by atoms with Crippen LogP contribution in [0.3, 0.4) is 0 Å². The van der Waals surface area contributed by atoms with Crippen LogP contribution in [-0.2, 0) is 14.3 Å². The molecule has 0 saturated heterocycles. The van der Waals surface area contributed by atoms with Gasteiger partial charge in [0.15, 0.2) is 0 Å². The minimum absolute atomic E-state index is 0.00377. The number of anilines is 1. The third kappa shape index (κ3) is 10.2. The molecule has 0 aromatic heterocycles. The quantitative estimate of drug-likeness (QED) is 0.268. The van der Waals surface area contributed by atoms with E-state index in [0.717, 1.165) is 29.9 Å². The number of carbonyl (C=O) groups is 2. The van der Waals surface area contributed by atoms with Gasteiger partial charge in [0.1, 0.15) is 13.2 Å². The van der Waals surface area contributed by atoms with Gasteiger partial charge in [-0.2, -0.15) is 0 Å². The van der Waals surface area contributed by atoms with Crippen LogP contribution in [0.4, 0.5) is 10.5 Å². The Morgan fingerprint density at radius 2 is 1.89 bits per heavy atom. The molecule has 2 N–H and O–H groups in total. The SMILES string of the molecule is CC.CC(C)(CCO)OCC(=O)Nc1ccc2c(c1)C(COC(=O)S)C1=C2C=CCC1.CC(C)C. The van der Waals surface area contributed by atoms with E-state index in [1.807, 2.05) is 45.9 Å². The third-order valence-electron chi connectivity index (χ3n) is 5.31. The Kier molecular flexibility index (Phi) is 13.4. The van der Waals surface area contributed by atoms with E-state index in [0.29, 0.717) is 12.1 Å². The molecule has 1 unspecified atom stereocenters. The zero-order chi connectivity index (χ0) is 26.6. The molecule has 0 heterocycles. The summed E-state index contributed by atoms with van der Waals surface area (Å²) >= 11 is 3.71. The van der Waals surface area contributed by atoms with Crippen LogP contribution < -0.4 is 5.32 Å². The lowest BCUT2D eigenvalue weighted by molar-refractivity contribution is -0.127. The van der Waals surface area contributed by atoms with Crippen molar-refractivity contribution in [2.24, 2.45) is 5.92 Å². The fraction of sp³-hybridized carbons (Fsp3) is 0.571. The molecule has 7 heteroatoms. The number of rotatable bonds is 8. The number of aliphatic hydroxyl groups is 1. The molecule has 0 radical (unpaired) electrons. The summed E-state index contributed by atoms with van der Waals surface area (Å²) in [6.45, 7) is 14.3. The summed E-state index contributed by atoms with van der Waals surface area (Å²) in [7, 11) is 0. The number of thiol groups is 1. The summed E-state index contributed by atoms with van der Waals surface area (Å²) in [6, 6.07) is 5.81. The highest BCUT2D eigenvalue weighted by Crippen LogP contribution is 2.47. The van der Waals surface area contributed by atoms with E-state index >= 15 is 0 Å². The smallest absolute Gasteiger partial charge is 0.364 e. The van der Waals surface area contributed by atoms with Gasteiger partial charge in [0, 0.05) is 18.2 Å². The molecule has 2 aliphatic rings. The number of nitrogens with one attached hydrogen (secondary N) is 1. The highest BCUT2D eigenvalue weighted by atomic mass is 32.1. The molecule has 6 nitrogen and oxygen atoms in total. The lowest BCUT2D eigenvalue weighted by Crippen LogP contribution is -2.30. The minimum Gasteiger partial charge on any atom is -0.457 e. The average Bonchev–Trinajstić information content (AvgIpc) is 3.10. The molecule has 0 fully saturated rings. The summed E-state index contributed by atoms with van der Waals surface area (Å²) in [4.78, 5) is 23.5. The number of amides is 1. The van der Waals surface area contributed by atoms with Gasteiger partial charge in [-0.1, -0.05) is 71.0 Å². The monoisotopic (exact) mass is 505 g/mol. The van der Waals surface area contributed by atoms with Crippen LogP contribution in [0.15, 0.2) is 35.9 Å². The standard InChI is InChI=1S/C22H27NO5S.C4H10.C2H6/c1-22(2,9-10-24)28-13-20(25)23-14-7-8-17-15-5-3-4-6-16(15)19(18(17)11-14)12-27-21(26)29;1-4(2)3;1-2/h3,5,7-8,11,19,24H,4,6,9-10,12-13H2,1-2H3,(H,23,25)(H,26,29);4H,1-3H3;1-2H3. The number of ether oxygens (including phenoxy) is 2. The first-order valence-corrected chi connectivity index (χ1v) is 12.9. The van der Waals surface area contributed by atoms with Gasteiger partial charge in [-0.25, -0.2) is 4.79 Å². The predicted octanol–water partition coefficient (Wildman–Crippen LogP) is 6.76. The van der Waals surface area contributed by atoms with Gasteiger partial charge in [0.2, 0.25) is 5.91 Å². The second kappa shape index (κ2) is 15.1. The Balaban J connectivity index is 0.000000926. The Morgan fingerprint density at radius 1 is 1.23 bits per heavy atom. The van der Waals surface area contributed by atoms with E-state index in [-0.39, 0.29) is 31.6 Å². The molecule has 1 amide bonds. The molecule has 1 aromatic carbocycles. The second-order valence-electron chi connectivity index (χ2n) is 9.61. The first kappa shape index (κ1) is 30.9. The van der Waals surface area contributed by atoms with Gasteiger partial charge >= 0.3 is 5.30 Å². The normalized spacial score (nSPS) is 15.9. The van der Waals surface area contributed by atoms with Gasteiger partial charge in [0.25, 0.3) is 0 Å². The molecule has 1 aromatic rings. The maximum Gasteiger partial charge on any atom is 0.364 e. The van der Waals surface area contributed by atoms with Gasteiger partial charge in [-0.05, 0) is 67.9 Å². The lowest BCUT2D eigenvalue weighted by Gasteiger charge is -2.24. The van der Waals surface area contributed by atoms with Crippen LogP contribution in [0.5, 0.6) is 0 Å². The first-order valence-electron chi connectivity index (χ1n) is 12.5. The maximum atomic E-state index is 12.3. The van der Waals surface area contributed by atoms with Gasteiger partial charge in [-0.3, -0.25) is 4.79 Å². The number of aliphatic hydroxyl groups excluding tert-OH is 1. The van der Waals surface area contributed by atoms with E-state index in [2.05, 4.69) is 50.9 Å². The topological polar surface area (TPSA) is 84.9 Å². The fourth-order valence-electron chi connectivity index (χ4n) is 3.81. The molecule has 3 rings (SSSR count). The lowest BCUT2D eigenvalue weighted by atomic mass is 9.91. The van der Waals surface area contributed by atoms with Crippen LogP contribution in [0.1, 0.15) is 84.8 Å². The Hall–Kier alpha value is -2.09. The number of hydrogen-bond acceptors (Lipinski definition) is 5. The number of allylic oxidation sites excluding steroid dienone is 3. The first-order chi connectivity index (χ1) is 16.5. The number of benzene rings is 1. The van der Waals surface area contributed by atoms with Gasteiger partial charge in [-0.15, -0.1) is 0 Å². The van der Waals surface area contributed by atoms with E-state index in [1.54, 1.807) is 0 Å². The van der Waals surface area contributed by atoms with Crippen LogP contribution in [0.25, 0.3) is 5.57 Å². The van der Waals surface area contributed by atoms with Crippen LogP contribution in [-0.4, -0.2) is 41.7 Å². The summed E-state index contributed by atoms with van der Waals surface area (Å²) in [5.41, 5.74) is 4.68. The van der Waals surface area contributed by atoms with Crippen molar-refractivity contribution in [3.63, 3.8) is 0 Å². The number of hydrogen-bond donors (Lipinski definition) is 3. The molecule has 0 bridgehead atoms. The highest BCUT2D eigenvalue weighted by Gasteiger charge is 2.32. The van der Waals surface area contributed by atoms with Gasteiger partial charge in [0.05, 0.1) is 5.60 Å². The second-order valence-corrected chi connectivity index (χ2v) is 9.98. The summed E-state index contributed by atoms with van der Waals surface area (Å²) in [6.07, 6.45) is 6.61. The summed E-state index contributed by atoms with van der Waals surface area (Å²) < 4.78 is 10.8. The molecule has 0 spiro atoms. The molecule has 196 valence electrons. The predicted molar refractivity (Wildman–Crippen MR) is 147 cm³/mol. The zero-order valence-electron chi connectivity index (χ0n) is 22.3. The van der Waals surface area contributed by atoms with E-state index in [4.69, 9.17) is 14.6 Å². The maximum absolute atomic E-state index is 12.3. The number of carbonyl (C=O) groups excluding carboxylic acids is 2. The van der Waals surface area contributed by atoms with Gasteiger partial charge < -0.3 is 19.9 Å². The van der Waals surface area contributed by atoms with Crippen molar-refractivity contribution in [1.29, 1.82) is 0 Å². The summed E-state index contributed by atoms with van der Waals surface area (Å²) in [5, 5.41) is 11.3. The molecule has 0 saturated carbocycles. The van der Waals surface area contributed by atoms with Crippen LogP contribution in [0, 0.1) is 5.92 Å². The fourth-order valence-corrected chi connectivity index (χ4v) is 3.89. The van der Waals surface area contributed by atoms with Crippen molar-refractivity contribution < 1.29 is 24.2 Å². The number of fused-ring (bicyclic) bond motifs is 2. The molecule has 2 aliphatic carbocycles. The van der Waals surface area contributed by atoms with Crippen LogP contribution >= 0.6 is 12.6 Å². The molecule has 35 heavy (non-hydrogen) atoms. The van der Waals surface area contributed by atoms with Crippen molar-refractivity contribution >= 4 is 35.1 Å². The van der Waals surface area contributed by atoms with E-state index in [1.165, 1.54) is 11.1 Å². The largest absolute Gasteiger partial charge is 0.457 e. The van der Waals surface area contributed by atoms with E-state index < -0.39 is 10.9 Å². The Labute approximate surface area is 216 Å². The highest BCUT2D eigenvalue weighted by molar-refractivity contribution is 7.96. The average molecular weight is 506 g/mol. The molecular weight excluding hydrogens is 462 g/mol. The third-order valence-corrected chi connectivity index (χ3v) is 5.44. The molecular formula is C28H43NO5S. The molecule has 1 atom stereocenters. The molecule has 0 aliphatic heterocycles. The van der Waals surface area contributed by atoms with Crippen molar-refractivity contribution in [2.75, 3.05) is 25.1 Å². The zero-order valence-corrected chi connectivity index (χ0v) is 23.2. The Bertz CT molecular complexity index is 902. The minimum atomic E-state index is -0.598. The van der Waals surface area contributed by atoms with Crippen molar-refractivity contribution in [3.05, 3.63) is 47.1 Å². The van der Waals surface area contributed by atoms with E-state index in [9.17, 15) is 9.59 Å². The van der Waals surface area contributed by atoms with Crippen molar-refractivity contribution in [2.45, 2.75) is 79.2 Å². The Morgan fingerprint density at radius 3 is 2.49 bits per heavy atom. The van der Waals surface area contributed by atoms with Crippen molar-refractivity contribution in [3.8, 4) is 0 Å².